The van der Waals surface area contributed by atoms with Gasteiger partial charge in [-0.1, -0.05) is 0 Å². The molecule has 0 aliphatic carbocycles. The largest absolute Gasteiger partial charge is 0.459 e. The van der Waals surface area contributed by atoms with Crippen molar-refractivity contribution in [2.24, 2.45) is 0 Å². The van der Waals surface area contributed by atoms with Crippen LogP contribution in [-0.2, 0) is 19.1 Å². The summed E-state index contributed by atoms with van der Waals surface area (Å²) in [5.74, 6) is -0.750. The lowest BCUT2D eigenvalue weighted by molar-refractivity contribution is -0.159. The molecule has 0 saturated heterocycles. The fourth-order valence-corrected chi connectivity index (χ4v) is 1.77. The Morgan fingerprint density at radius 3 is 1.59 bits per heavy atom. The number of hydrogen-bond donors (Lipinski definition) is 1. The number of aliphatic hydroxyl groups excluding tert-OH is 1. The molecule has 1 N–H and O–H groups in total. The summed E-state index contributed by atoms with van der Waals surface area (Å²) < 4.78 is 10.5. The van der Waals surface area contributed by atoms with Crippen LogP contribution in [0.5, 0.6) is 0 Å². The molecule has 0 radical (unpaired) electrons. The van der Waals surface area contributed by atoms with Gasteiger partial charge < -0.3 is 14.6 Å². The van der Waals surface area contributed by atoms with Crippen LogP contribution in [0.3, 0.4) is 0 Å². The minimum Gasteiger partial charge on any atom is -0.459 e. The van der Waals surface area contributed by atoms with E-state index in [0.717, 1.165) is 0 Å². The highest BCUT2D eigenvalue weighted by atomic mass is 16.6. The quantitative estimate of drug-likeness (QED) is 0.543. The lowest BCUT2D eigenvalue weighted by Crippen LogP contribution is -2.40. The van der Waals surface area contributed by atoms with E-state index in [1.54, 1.807) is 46.4 Å². The van der Waals surface area contributed by atoms with E-state index in [1.807, 2.05) is 0 Å². The summed E-state index contributed by atoms with van der Waals surface area (Å²) in [7, 11) is 0. The van der Waals surface area contributed by atoms with Gasteiger partial charge in [-0.15, -0.1) is 0 Å². The van der Waals surface area contributed by atoms with Crippen molar-refractivity contribution < 1.29 is 24.2 Å². The first kappa shape index (κ1) is 20.9. The van der Waals surface area contributed by atoms with Crippen molar-refractivity contribution in [1.82, 2.24) is 4.90 Å². The summed E-state index contributed by atoms with van der Waals surface area (Å²) >= 11 is 0. The van der Waals surface area contributed by atoms with Crippen molar-refractivity contribution in [3.8, 4) is 0 Å². The van der Waals surface area contributed by atoms with E-state index in [2.05, 4.69) is 0 Å². The second-order valence-electron chi connectivity index (χ2n) is 7.31. The number of rotatable bonds is 8. The van der Waals surface area contributed by atoms with Gasteiger partial charge in [-0.3, -0.25) is 14.5 Å². The number of carbonyl (C=O) groups is 2. The molecule has 0 saturated carbocycles. The van der Waals surface area contributed by atoms with Gasteiger partial charge in [-0.2, -0.15) is 0 Å². The van der Waals surface area contributed by atoms with E-state index < -0.39 is 11.2 Å². The van der Waals surface area contributed by atoms with Crippen molar-refractivity contribution in [2.45, 2.75) is 65.6 Å². The van der Waals surface area contributed by atoms with Gasteiger partial charge in [0.1, 0.15) is 11.2 Å². The Bertz CT molecular complexity index is 325. The Morgan fingerprint density at radius 1 is 0.864 bits per heavy atom. The van der Waals surface area contributed by atoms with Gasteiger partial charge in [0.25, 0.3) is 0 Å². The minimum atomic E-state index is -0.556. The molecule has 0 aromatic heterocycles. The molecule has 0 unspecified atom stereocenters. The van der Waals surface area contributed by atoms with E-state index in [0.29, 0.717) is 19.4 Å². The minimum absolute atomic E-state index is 0.0297. The van der Waals surface area contributed by atoms with E-state index in [1.165, 1.54) is 0 Å². The molecule has 130 valence electrons. The molecule has 0 aliphatic rings. The number of nitrogens with zero attached hydrogens (tertiary/aromatic N) is 1. The van der Waals surface area contributed by atoms with Crippen LogP contribution in [0.4, 0.5) is 0 Å². The summed E-state index contributed by atoms with van der Waals surface area (Å²) in [5, 5.41) is 8.85. The fraction of sp³-hybridized carbons (Fsp3) is 0.875. The van der Waals surface area contributed by atoms with Gasteiger partial charge in [-0.25, -0.2) is 0 Å². The van der Waals surface area contributed by atoms with Crippen LogP contribution < -0.4 is 0 Å². The predicted molar refractivity (Wildman–Crippen MR) is 84.4 cm³/mol. The second kappa shape index (κ2) is 9.10. The Labute approximate surface area is 133 Å². The molecule has 6 heteroatoms. The Morgan fingerprint density at radius 2 is 1.27 bits per heavy atom. The zero-order valence-corrected chi connectivity index (χ0v) is 14.8. The first-order chi connectivity index (χ1) is 9.93. The summed E-state index contributed by atoms with van der Waals surface area (Å²) in [6, 6.07) is 0. The van der Waals surface area contributed by atoms with E-state index in [-0.39, 0.29) is 31.6 Å². The molecule has 0 rings (SSSR count). The van der Waals surface area contributed by atoms with Crippen LogP contribution in [-0.4, -0.2) is 59.4 Å². The summed E-state index contributed by atoms with van der Waals surface area (Å²) in [6.45, 7) is 11.5. The Hall–Kier alpha value is -1.14. The zero-order valence-electron chi connectivity index (χ0n) is 14.8. The van der Waals surface area contributed by atoms with Gasteiger partial charge >= 0.3 is 11.9 Å². The smallest absolute Gasteiger partial charge is 0.320 e. The van der Waals surface area contributed by atoms with Crippen LogP contribution in [0.2, 0.25) is 0 Å². The molecule has 0 aromatic rings. The maximum absolute atomic E-state index is 11.9. The van der Waals surface area contributed by atoms with Gasteiger partial charge in [-0.05, 0) is 60.9 Å². The highest BCUT2D eigenvalue weighted by Gasteiger charge is 2.23. The highest BCUT2D eigenvalue weighted by molar-refractivity contribution is 5.75. The topological polar surface area (TPSA) is 76.1 Å². The summed E-state index contributed by atoms with van der Waals surface area (Å²) in [4.78, 5) is 25.5. The molecule has 22 heavy (non-hydrogen) atoms. The third kappa shape index (κ3) is 12.6. The van der Waals surface area contributed by atoms with Gasteiger partial charge in [0, 0.05) is 6.61 Å². The van der Waals surface area contributed by atoms with Crippen molar-refractivity contribution in [3.63, 3.8) is 0 Å². The third-order valence-electron chi connectivity index (χ3n) is 2.43. The molecule has 0 fully saturated rings. The van der Waals surface area contributed by atoms with Gasteiger partial charge in [0.15, 0.2) is 0 Å². The van der Waals surface area contributed by atoms with Crippen LogP contribution in [0, 0.1) is 0 Å². The normalized spacial score (nSPS) is 12.4. The molecule has 0 heterocycles. The first-order valence-electron chi connectivity index (χ1n) is 7.70. The Kier molecular flexibility index (Phi) is 8.63. The van der Waals surface area contributed by atoms with Crippen molar-refractivity contribution in [2.75, 3.05) is 26.2 Å². The lowest BCUT2D eigenvalue weighted by Gasteiger charge is -2.26. The van der Waals surface area contributed by atoms with Crippen LogP contribution in [0.15, 0.2) is 0 Å². The monoisotopic (exact) mass is 317 g/mol. The molecular weight excluding hydrogens is 286 g/mol. The number of hydrogen-bond acceptors (Lipinski definition) is 6. The molecule has 0 aliphatic heterocycles. The van der Waals surface area contributed by atoms with Crippen molar-refractivity contribution >= 4 is 11.9 Å². The SMILES string of the molecule is CC(C)(C)OC(=O)CN(CCCCO)CC(=O)OC(C)(C)C. The molecule has 0 atom stereocenters. The van der Waals surface area contributed by atoms with Crippen molar-refractivity contribution in [3.05, 3.63) is 0 Å². The molecule has 0 amide bonds. The molecular formula is C16H31NO5. The van der Waals surface area contributed by atoms with E-state index >= 15 is 0 Å². The molecule has 0 spiro atoms. The average molecular weight is 317 g/mol. The van der Waals surface area contributed by atoms with Crippen LogP contribution in [0.1, 0.15) is 54.4 Å². The molecule has 0 bridgehead atoms. The highest BCUT2D eigenvalue weighted by Crippen LogP contribution is 2.10. The van der Waals surface area contributed by atoms with Crippen LogP contribution in [0.25, 0.3) is 0 Å². The number of ether oxygens (including phenoxy) is 2. The maximum Gasteiger partial charge on any atom is 0.320 e. The number of unbranched alkanes of at least 4 members (excludes halogenated alkanes) is 1. The second-order valence-corrected chi connectivity index (χ2v) is 7.31. The number of aliphatic hydroxyl groups is 1. The number of esters is 2. The van der Waals surface area contributed by atoms with Gasteiger partial charge in [0.05, 0.1) is 13.1 Å². The predicted octanol–water partition coefficient (Wildman–Crippen LogP) is 1.74. The standard InChI is InChI=1S/C16H31NO5/c1-15(2,3)21-13(19)11-17(9-7-8-10-18)12-14(20)22-16(4,5)6/h18H,7-12H2,1-6H3. The van der Waals surface area contributed by atoms with Crippen molar-refractivity contribution in [1.29, 1.82) is 0 Å². The first-order valence-corrected chi connectivity index (χ1v) is 7.70. The third-order valence-corrected chi connectivity index (χ3v) is 2.43. The maximum atomic E-state index is 11.9. The van der Waals surface area contributed by atoms with Gasteiger partial charge in [0.2, 0.25) is 0 Å². The van der Waals surface area contributed by atoms with Crippen LogP contribution >= 0.6 is 0 Å². The average Bonchev–Trinajstić information content (AvgIpc) is 2.23. The molecule has 0 aromatic carbocycles. The lowest BCUT2D eigenvalue weighted by atomic mass is 10.2. The summed E-state index contributed by atoms with van der Waals surface area (Å²) in [6.07, 6.45) is 1.32. The summed E-state index contributed by atoms with van der Waals surface area (Å²) in [5.41, 5.74) is -1.11. The number of carbonyl (C=O) groups excluding carboxylic acids is 2. The zero-order chi connectivity index (χ0) is 17.4. The van der Waals surface area contributed by atoms with E-state index in [9.17, 15) is 9.59 Å². The molecule has 6 nitrogen and oxygen atoms in total. The Balaban J connectivity index is 4.55. The van der Waals surface area contributed by atoms with E-state index in [4.69, 9.17) is 14.6 Å². The fourth-order valence-electron chi connectivity index (χ4n) is 1.77.